The van der Waals surface area contributed by atoms with Gasteiger partial charge < -0.3 is 14.8 Å². The van der Waals surface area contributed by atoms with Gasteiger partial charge in [0.05, 0.1) is 18.2 Å². The Hall–Kier alpha value is -2.56. The number of furan rings is 1. The SMILES string of the molecule is O=C(O)[C@H]1CCC[C@@H](C(=O)NC(Cc2ccccc2)c2ccco2)C1. The maximum absolute atomic E-state index is 12.7. The topological polar surface area (TPSA) is 79.5 Å². The van der Waals surface area contributed by atoms with Crippen LogP contribution in [-0.4, -0.2) is 17.0 Å². The second-order valence-electron chi connectivity index (χ2n) is 6.67. The van der Waals surface area contributed by atoms with Crippen LogP contribution in [0.3, 0.4) is 0 Å². The average molecular weight is 341 g/mol. The van der Waals surface area contributed by atoms with Crippen LogP contribution in [0, 0.1) is 11.8 Å². The third-order valence-electron chi connectivity index (χ3n) is 4.88. The summed E-state index contributed by atoms with van der Waals surface area (Å²) in [4.78, 5) is 23.9. The highest BCUT2D eigenvalue weighted by molar-refractivity contribution is 5.80. The van der Waals surface area contributed by atoms with E-state index < -0.39 is 11.9 Å². The molecule has 1 aliphatic carbocycles. The van der Waals surface area contributed by atoms with Gasteiger partial charge in [0.1, 0.15) is 5.76 Å². The first-order chi connectivity index (χ1) is 12.1. The minimum absolute atomic E-state index is 0.0803. The molecule has 1 fully saturated rings. The average Bonchev–Trinajstić information content (AvgIpc) is 3.17. The van der Waals surface area contributed by atoms with E-state index >= 15 is 0 Å². The van der Waals surface area contributed by atoms with Gasteiger partial charge in [0.25, 0.3) is 0 Å². The summed E-state index contributed by atoms with van der Waals surface area (Å²) in [5.41, 5.74) is 1.11. The van der Waals surface area contributed by atoms with E-state index in [0.717, 1.165) is 18.4 Å². The molecule has 2 N–H and O–H groups in total. The summed E-state index contributed by atoms with van der Waals surface area (Å²) in [6.07, 6.45) is 4.82. The van der Waals surface area contributed by atoms with E-state index in [9.17, 15) is 14.7 Å². The van der Waals surface area contributed by atoms with Crippen LogP contribution in [0.2, 0.25) is 0 Å². The Morgan fingerprint density at radius 2 is 1.88 bits per heavy atom. The van der Waals surface area contributed by atoms with Crippen LogP contribution >= 0.6 is 0 Å². The number of aliphatic carboxylic acids is 1. The summed E-state index contributed by atoms with van der Waals surface area (Å²) in [6, 6.07) is 13.3. The third-order valence-corrected chi connectivity index (χ3v) is 4.88. The Bertz CT molecular complexity index is 696. The Morgan fingerprint density at radius 3 is 2.56 bits per heavy atom. The molecule has 0 spiro atoms. The fourth-order valence-electron chi connectivity index (χ4n) is 3.50. The van der Waals surface area contributed by atoms with Crippen molar-refractivity contribution < 1.29 is 19.1 Å². The molecule has 0 aliphatic heterocycles. The summed E-state index contributed by atoms with van der Waals surface area (Å²) in [6.45, 7) is 0. The molecular weight excluding hydrogens is 318 g/mol. The van der Waals surface area contributed by atoms with Crippen molar-refractivity contribution >= 4 is 11.9 Å². The van der Waals surface area contributed by atoms with Gasteiger partial charge >= 0.3 is 5.97 Å². The van der Waals surface area contributed by atoms with E-state index in [2.05, 4.69) is 5.32 Å². The largest absolute Gasteiger partial charge is 0.481 e. The number of hydrogen-bond acceptors (Lipinski definition) is 3. The van der Waals surface area contributed by atoms with Crippen molar-refractivity contribution in [3.8, 4) is 0 Å². The zero-order chi connectivity index (χ0) is 17.6. The smallest absolute Gasteiger partial charge is 0.306 e. The quantitative estimate of drug-likeness (QED) is 0.842. The van der Waals surface area contributed by atoms with Gasteiger partial charge in [0.15, 0.2) is 0 Å². The van der Waals surface area contributed by atoms with Crippen LogP contribution < -0.4 is 5.32 Å². The molecule has 25 heavy (non-hydrogen) atoms. The van der Waals surface area contributed by atoms with Crippen LogP contribution in [0.15, 0.2) is 53.1 Å². The lowest BCUT2D eigenvalue weighted by Gasteiger charge is -2.27. The van der Waals surface area contributed by atoms with E-state index in [1.54, 1.807) is 12.3 Å². The summed E-state index contributed by atoms with van der Waals surface area (Å²) in [5.74, 6) is -0.834. The molecule has 1 aromatic heterocycles. The van der Waals surface area contributed by atoms with Crippen molar-refractivity contribution in [2.75, 3.05) is 0 Å². The predicted molar refractivity (Wildman–Crippen MR) is 92.8 cm³/mol. The highest BCUT2D eigenvalue weighted by atomic mass is 16.4. The summed E-state index contributed by atoms with van der Waals surface area (Å²) >= 11 is 0. The molecule has 1 heterocycles. The van der Waals surface area contributed by atoms with Crippen LogP contribution in [0.4, 0.5) is 0 Å². The minimum Gasteiger partial charge on any atom is -0.481 e. The van der Waals surface area contributed by atoms with Crippen molar-refractivity contribution in [3.63, 3.8) is 0 Å². The maximum atomic E-state index is 12.7. The molecule has 3 rings (SSSR count). The van der Waals surface area contributed by atoms with E-state index in [-0.39, 0.29) is 17.9 Å². The molecule has 1 saturated carbocycles. The second-order valence-corrected chi connectivity index (χ2v) is 6.67. The number of carboxylic acid groups (broad SMARTS) is 1. The Morgan fingerprint density at radius 1 is 1.12 bits per heavy atom. The van der Waals surface area contributed by atoms with Gasteiger partial charge in [-0.3, -0.25) is 9.59 Å². The van der Waals surface area contributed by atoms with E-state index in [4.69, 9.17) is 4.42 Å². The van der Waals surface area contributed by atoms with Crippen molar-refractivity contribution in [1.82, 2.24) is 5.32 Å². The lowest BCUT2D eigenvalue weighted by Crippen LogP contribution is -2.38. The standard InChI is InChI=1S/C20H23NO4/c22-19(15-8-4-9-16(13-15)20(23)24)21-17(18-10-5-11-25-18)12-14-6-2-1-3-7-14/h1-3,5-7,10-11,15-17H,4,8-9,12-13H2,(H,21,22)(H,23,24)/t15-,16+,17?/m1/s1. The maximum Gasteiger partial charge on any atom is 0.306 e. The number of hydrogen-bond donors (Lipinski definition) is 2. The highest BCUT2D eigenvalue weighted by Crippen LogP contribution is 2.30. The summed E-state index contributed by atoms with van der Waals surface area (Å²) in [7, 11) is 0. The zero-order valence-corrected chi connectivity index (χ0v) is 14.1. The molecule has 1 aromatic carbocycles. The molecule has 3 atom stereocenters. The number of benzene rings is 1. The second kappa shape index (κ2) is 8.01. The lowest BCUT2D eigenvalue weighted by molar-refractivity contribution is -0.144. The molecule has 1 amide bonds. The molecule has 1 unspecified atom stereocenters. The zero-order valence-electron chi connectivity index (χ0n) is 14.1. The molecule has 2 aromatic rings. The number of rotatable bonds is 6. The number of carbonyl (C=O) groups excluding carboxylic acids is 1. The third kappa shape index (κ3) is 4.50. The van der Waals surface area contributed by atoms with Crippen molar-refractivity contribution in [1.29, 1.82) is 0 Å². The first kappa shape index (κ1) is 17.3. The van der Waals surface area contributed by atoms with Crippen molar-refractivity contribution in [2.45, 2.75) is 38.1 Å². The van der Waals surface area contributed by atoms with Crippen LogP contribution in [0.5, 0.6) is 0 Å². The predicted octanol–water partition coefficient (Wildman–Crippen LogP) is 3.57. The van der Waals surface area contributed by atoms with Gasteiger partial charge in [-0.2, -0.15) is 0 Å². The first-order valence-corrected chi connectivity index (χ1v) is 8.74. The normalized spacial score (nSPS) is 21.4. The number of nitrogens with one attached hydrogen (secondary N) is 1. The Labute approximate surface area is 147 Å². The van der Waals surface area contributed by atoms with Crippen LogP contribution in [0.1, 0.15) is 43.0 Å². The van der Waals surface area contributed by atoms with E-state index in [1.165, 1.54) is 0 Å². The van der Waals surface area contributed by atoms with Gasteiger partial charge in [-0.05, 0) is 43.4 Å². The van der Waals surface area contributed by atoms with Crippen molar-refractivity contribution in [3.05, 3.63) is 60.1 Å². The Balaban J connectivity index is 1.69. The monoisotopic (exact) mass is 341 g/mol. The lowest BCUT2D eigenvalue weighted by atomic mass is 9.81. The van der Waals surface area contributed by atoms with Gasteiger partial charge in [0, 0.05) is 5.92 Å². The fourth-order valence-corrected chi connectivity index (χ4v) is 3.50. The first-order valence-electron chi connectivity index (χ1n) is 8.74. The van der Waals surface area contributed by atoms with Gasteiger partial charge in [0.2, 0.25) is 5.91 Å². The molecule has 0 saturated heterocycles. The number of carboxylic acids is 1. The minimum atomic E-state index is -0.802. The molecule has 132 valence electrons. The molecule has 5 heteroatoms. The van der Waals surface area contributed by atoms with E-state index in [1.807, 2.05) is 36.4 Å². The summed E-state index contributed by atoms with van der Waals surface area (Å²) < 4.78 is 5.51. The highest BCUT2D eigenvalue weighted by Gasteiger charge is 2.32. The molecule has 0 bridgehead atoms. The molecule has 0 radical (unpaired) electrons. The van der Waals surface area contributed by atoms with Crippen LogP contribution in [-0.2, 0) is 16.0 Å². The van der Waals surface area contributed by atoms with Gasteiger partial charge in [-0.15, -0.1) is 0 Å². The molecule has 1 aliphatic rings. The van der Waals surface area contributed by atoms with E-state index in [0.29, 0.717) is 25.0 Å². The number of amides is 1. The fraction of sp³-hybridized carbons (Fsp3) is 0.400. The van der Waals surface area contributed by atoms with Gasteiger partial charge in [-0.1, -0.05) is 36.8 Å². The van der Waals surface area contributed by atoms with Gasteiger partial charge in [-0.25, -0.2) is 0 Å². The number of carbonyl (C=O) groups is 2. The summed E-state index contributed by atoms with van der Waals surface area (Å²) in [5, 5.41) is 12.3. The molecular formula is C20H23NO4. The Kier molecular flexibility index (Phi) is 5.53. The van der Waals surface area contributed by atoms with Crippen molar-refractivity contribution in [2.24, 2.45) is 11.8 Å². The molecule has 5 nitrogen and oxygen atoms in total. The van der Waals surface area contributed by atoms with Crippen LogP contribution in [0.25, 0.3) is 0 Å².